The van der Waals surface area contributed by atoms with Crippen LogP contribution in [-0.4, -0.2) is 10.1 Å². The van der Waals surface area contributed by atoms with Crippen molar-refractivity contribution in [2.24, 2.45) is 0 Å². The van der Waals surface area contributed by atoms with E-state index >= 15 is 0 Å². The van der Waals surface area contributed by atoms with E-state index in [9.17, 15) is 5.11 Å². The molecule has 0 bridgehead atoms. The number of phenolic OH excluding ortho intramolecular Hbond substituents is 1. The maximum absolute atomic E-state index is 10.4. The first kappa shape index (κ1) is 12.0. The number of phenols is 1. The molecule has 3 rings (SSSR count). The zero-order valence-corrected chi connectivity index (χ0v) is 11.1. The van der Waals surface area contributed by atoms with E-state index in [2.05, 4.69) is 4.98 Å². The summed E-state index contributed by atoms with van der Waals surface area (Å²) in [6.07, 6.45) is 1.65. The number of pyridine rings is 1. The quantitative estimate of drug-likeness (QED) is 0.702. The molecule has 0 unspecified atom stereocenters. The van der Waals surface area contributed by atoms with Crippen LogP contribution in [0.25, 0.3) is 22.0 Å². The largest absolute Gasteiger partial charge is 0.505 e. The number of hydrogen-bond acceptors (Lipinski definition) is 2. The van der Waals surface area contributed by atoms with E-state index in [0.29, 0.717) is 16.1 Å². The number of halogens is 1. The van der Waals surface area contributed by atoms with E-state index in [1.807, 2.05) is 37.3 Å². The number of rotatable bonds is 1. The van der Waals surface area contributed by atoms with Crippen molar-refractivity contribution in [3.63, 3.8) is 0 Å². The molecule has 3 aromatic rings. The Bertz CT molecular complexity index is 768. The summed E-state index contributed by atoms with van der Waals surface area (Å²) in [5.74, 6) is 0.172. The van der Waals surface area contributed by atoms with Crippen LogP contribution in [0.1, 0.15) is 5.56 Å². The first-order valence-corrected chi connectivity index (χ1v) is 6.38. The molecule has 0 saturated heterocycles. The predicted octanol–water partition coefficient (Wildman–Crippen LogP) is 4.57. The van der Waals surface area contributed by atoms with Crippen LogP contribution < -0.4 is 0 Å². The van der Waals surface area contributed by atoms with Crippen molar-refractivity contribution in [1.82, 2.24) is 4.98 Å². The van der Waals surface area contributed by atoms with Crippen LogP contribution >= 0.6 is 11.6 Å². The van der Waals surface area contributed by atoms with Gasteiger partial charge in [-0.3, -0.25) is 4.98 Å². The fraction of sp³-hybridized carbons (Fsp3) is 0.0625. The van der Waals surface area contributed by atoms with Crippen LogP contribution in [0, 0.1) is 6.92 Å². The van der Waals surface area contributed by atoms with Crippen molar-refractivity contribution in [2.75, 3.05) is 0 Å². The second kappa shape index (κ2) is 4.56. The van der Waals surface area contributed by atoms with Gasteiger partial charge in [-0.25, -0.2) is 0 Å². The van der Waals surface area contributed by atoms with Crippen LogP contribution in [-0.2, 0) is 0 Å². The average molecular weight is 270 g/mol. The van der Waals surface area contributed by atoms with Crippen molar-refractivity contribution in [2.45, 2.75) is 6.92 Å². The molecule has 0 spiro atoms. The molecule has 3 heteroatoms. The minimum atomic E-state index is 0.172. The van der Waals surface area contributed by atoms with E-state index < -0.39 is 0 Å². The monoisotopic (exact) mass is 269 g/mol. The summed E-state index contributed by atoms with van der Waals surface area (Å²) in [5, 5.41) is 11.8. The zero-order valence-electron chi connectivity index (χ0n) is 10.4. The van der Waals surface area contributed by atoms with Crippen LogP contribution in [0.4, 0.5) is 0 Å². The smallest absolute Gasteiger partial charge is 0.149 e. The van der Waals surface area contributed by atoms with Gasteiger partial charge in [0.15, 0.2) is 0 Å². The molecule has 0 saturated carbocycles. The summed E-state index contributed by atoms with van der Waals surface area (Å²) < 4.78 is 0. The molecule has 2 nitrogen and oxygen atoms in total. The van der Waals surface area contributed by atoms with Gasteiger partial charge >= 0.3 is 0 Å². The van der Waals surface area contributed by atoms with Gasteiger partial charge < -0.3 is 5.11 Å². The predicted molar refractivity (Wildman–Crippen MR) is 78.6 cm³/mol. The van der Waals surface area contributed by atoms with Crippen LogP contribution in [0.5, 0.6) is 5.75 Å². The Morgan fingerprint density at radius 2 is 1.95 bits per heavy atom. The second-order valence-electron chi connectivity index (χ2n) is 4.52. The first-order chi connectivity index (χ1) is 9.16. The molecule has 0 radical (unpaired) electrons. The Hall–Kier alpha value is -2.06. The summed E-state index contributed by atoms with van der Waals surface area (Å²) >= 11 is 6.27. The number of aromatic nitrogens is 1. The summed E-state index contributed by atoms with van der Waals surface area (Å²) in [6, 6.07) is 13.4. The summed E-state index contributed by atoms with van der Waals surface area (Å²) in [5.41, 5.74) is 3.31. The minimum Gasteiger partial charge on any atom is -0.505 e. The van der Waals surface area contributed by atoms with Crippen LogP contribution in [0.2, 0.25) is 5.02 Å². The van der Waals surface area contributed by atoms with E-state index in [1.165, 1.54) is 0 Å². The molecule has 1 N–H and O–H groups in total. The summed E-state index contributed by atoms with van der Waals surface area (Å²) in [4.78, 5) is 4.22. The molecule has 0 aliphatic rings. The molecule has 1 aromatic heterocycles. The van der Waals surface area contributed by atoms with Gasteiger partial charge in [0, 0.05) is 17.1 Å². The van der Waals surface area contributed by atoms with E-state index in [0.717, 1.165) is 16.5 Å². The van der Waals surface area contributed by atoms with Gasteiger partial charge in [-0.1, -0.05) is 41.4 Å². The van der Waals surface area contributed by atoms with E-state index in [4.69, 9.17) is 11.6 Å². The third kappa shape index (κ3) is 2.04. The number of aryl methyl sites for hydroxylation is 1. The molecule has 94 valence electrons. The number of hydrogen-bond donors (Lipinski definition) is 1. The average Bonchev–Trinajstić information content (AvgIpc) is 2.43. The zero-order chi connectivity index (χ0) is 13.4. The van der Waals surface area contributed by atoms with Gasteiger partial charge in [0.25, 0.3) is 0 Å². The van der Waals surface area contributed by atoms with Gasteiger partial charge in [0.2, 0.25) is 0 Å². The van der Waals surface area contributed by atoms with Gasteiger partial charge in [0.05, 0.1) is 5.02 Å². The highest BCUT2D eigenvalue weighted by Gasteiger charge is 2.12. The highest BCUT2D eigenvalue weighted by molar-refractivity contribution is 6.36. The van der Waals surface area contributed by atoms with Crippen LogP contribution in [0.15, 0.2) is 48.7 Å². The lowest BCUT2D eigenvalue weighted by atomic mass is 10.0. The maximum atomic E-state index is 10.4. The minimum absolute atomic E-state index is 0.172. The number of nitrogens with zero attached hydrogens (tertiary/aromatic N) is 1. The summed E-state index contributed by atoms with van der Waals surface area (Å²) in [7, 11) is 0. The van der Waals surface area contributed by atoms with Gasteiger partial charge in [0.1, 0.15) is 11.3 Å². The fourth-order valence-corrected chi connectivity index (χ4v) is 2.48. The van der Waals surface area contributed by atoms with Gasteiger partial charge in [-0.15, -0.1) is 0 Å². The van der Waals surface area contributed by atoms with E-state index in [-0.39, 0.29) is 5.75 Å². The highest BCUT2D eigenvalue weighted by Crippen LogP contribution is 2.38. The lowest BCUT2D eigenvalue weighted by molar-refractivity contribution is 0.482. The standard InChI is InChI=1S/C16H12ClNO/c1-10-4-2-5-11(8-10)13-9-14(17)12-6-3-7-18-15(12)16(13)19/h2-9,19H,1H3. The lowest BCUT2D eigenvalue weighted by Crippen LogP contribution is -1.86. The Kier molecular flexibility index (Phi) is 2.88. The maximum Gasteiger partial charge on any atom is 0.149 e. The number of aromatic hydroxyl groups is 1. The molecule has 0 aliphatic heterocycles. The normalized spacial score (nSPS) is 10.8. The second-order valence-corrected chi connectivity index (χ2v) is 4.93. The molecule has 0 aliphatic carbocycles. The molecule has 0 fully saturated rings. The van der Waals surface area contributed by atoms with Crippen molar-refractivity contribution >= 4 is 22.5 Å². The number of benzene rings is 2. The molecule has 0 atom stereocenters. The van der Waals surface area contributed by atoms with Crippen LogP contribution in [0.3, 0.4) is 0 Å². The van der Waals surface area contributed by atoms with Crippen molar-refractivity contribution < 1.29 is 5.11 Å². The van der Waals surface area contributed by atoms with E-state index in [1.54, 1.807) is 18.3 Å². The van der Waals surface area contributed by atoms with Crippen molar-refractivity contribution in [1.29, 1.82) is 0 Å². The Morgan fingerprint density at radius 1 is 1.11 bits per heavy atom. The third-order valence-electron chi connectivity index (χ3n) is 3.14. The molecule has 19 heavy (non-hydrogen) atoms. The number of fused-ring (bicyclic) bond motifs is 1. The first-order valence-electron chi connectivity index (χ1n) is 6.00. The third-order valence-corrected chi connectivity index (χ3v) is 3.46. The molecule has 1 heterocycles. The fourth-order valence-electron chi connectivity index (χ4n) is 2.22. The Morgan fingerprint density at radius 3 is 2.74 bits per heavy atom. The van der Waals surface area contributed by atoms with Gasteiger partial charge in [-0.05, 0) is 30.7 Å². The molecular weight excluding hydrogens is 258 g/mol. The van der Waals surface area contributed by atoms with Gasteiger partial charge in [-0.2, -0.15) is 0 Å². The van der Waals surface area contributed by atoms with Crippen molar-refractivity contribution in [3.05, 3.63) is 59.2 Å². The summed E-state index contributed by atoms with van der Waals surface area (Å²) in [6.45, 7) is 2.02. The topological polar surface area (TPSA) is 33.1 Å². The SMILES string of the molecule is Cc1cccc(-c2cc(Cl)c3cccnc3c2O)c1. The Labute approximate surface area is 116 Å². The highest BCUT2D eigenvalue weighted by atomic mass is 35.5. The molecule has 2 aromatic carbocycles. The van der Waals surface area contributed by atoms with Crippen molar-refractivity contribution in [3.8, 4) is 16.9 Å². The molecular formula is C16H12ClNO. The molecule has 0 amide bonds. The lowest BCUT2D eigenvalue weighted by Gasteiger charge is -2.10. The Balaban J connectivity index is 2.34.